The van der Waals surface area contributed by atoms with Crippen LogP contribution in [0.5, 0.6) is 5.75 Å². The van der Waals surface area contributed by atoms with Crippen LogP contribution < -0.4 is 4.74 Å². The van der Waals surface area contributed by atoms with Crippen molar-refractivity contribution >= 4 is 29.3 Å². The van der Waals surface area contributed by atoms with Gasteiger partial charge in [0.25, 0.3) is 0 Å². The monoisotopic (exact) mass is 450 g/mol. The van der Waals surface area contributed by atoms with Gasteiger partial charge in [-0.2, -0.15) is 0 Å². The van der Waals surface area contributed by atoms with E-state index in [9.17, 15) is 9.59 Å². The molecular formula is C22H30N2O6S. The summed E-state index contributed by atoms with van der Waals surface area (Å²) in [5.41, 5.74) is 0.00898. The number of hydrogen-bond acceptors (Lipinski definition) is 8. The van der Waals surface area contributed by atoms with Crippen LogP contribution in [0.1, 0.15) is 33.3 Å². The molecular weight excluding hydrogens is 420 g/mol. The Morgan fingerprint density at radius 1 is 1.29 bits per heavy atom. The lowest BCUT2D eigenvalue weighted by Gasteiger charge is -2.39. The molecule has 2 aliphatic rings. The van der Waals surface area contributed by atoms with Gasteiger partial charge >= 0.3 is 6.09 Å². The van der Waals surface area contributed by atoms with Crippen LogP contribution in [-0.2, 0) is 25.6 Å². The molecule has 1 saturated heterocycles. The molecule has 3 rings (SSSR count). The molecule has 9 heteroatoms. The van der Waals surface area contributed by atoms with Crippen LogP contribution in [0.2, 0.25) is 0 Å². The van der Waals surface area contributed by atoms with E-state index >= 15 is 0 Å². The normalized spacial score (nSPS) is 27.8. The van der Waals surface area contributed by atoms with E-state index in [2.05, 4.69) is 0 Å². The summed E-state index contributed by atoms with van der Waals surface area (Å²) in [5, 5.41) is 0.511. The first kappa shape index (κ1) is 23.6. The van der Waals surface area contributed by atoms with Gasteiger partial charge in [-0.1, -0.05) is 30.8 Å². The SMILES string of the molecule is COc1ccc(CO[C@H]2[C@H](C)[C@H]3N=C(N(C)C(=O)OC(C)(C)C)S[C@H]3O[C@@H]2C=O)cc1. The third-order valence-electron chi connectivity index (χ3n) is 5.12. The number of amidine groups is 1. The topological polar surface area (TPSA) is 86.7 Å². The van der Waals surface area contributed by atoms with Crippen molar-refractivity contribution in [2.75, 3.05) is 14.2 Å². The van der Waals surface area contributed by atoms with Crippen molar-refractivity contribution in [2.24, 2.45) is 10.9 Å². The quantitative estimate of drug-likeness (QED) is 0.635. The van der Waals surface area contributed by atoms with E-state index in [0.29, 0.717) is 11.8 Å². The molecule has 0 N–H and O–H groups in total. The standard InChI is InChI=1S/C22H30N2O6S/c1-13-17-19(31-20(23-17)24(5)21(26)30-22(2,3)4)29-16(11-25)18(13)28-12-14-7-9-15(27-6)10-8-14/h7-11,13,16-19H,12H2,1-6H3/t13-,16-,17-,18+,19-/m1/s1. The fourth-order valence-electron chi connectivity index (χ4n) is 3.44. The average Bonchev–Trinajstić information content (AvgIpc) is 3.16. The number of nitrogens with zero attached hydrogens (tertiary/aromatic N) is 2. The van der Waals surface area contributed by atoms with Crippen molar-refractivity contribution in [3.63, 3.8) is 0 Å². The van der Waals surface area contributed by atoms with Gasteiger partial charge in [-0.25, -0.2) is 4.79 Å². The van der Waals surface area contributed by atoms with E-state index in [0.717, 1.165) is 17.6 Å². The summed E-state index contributed by atoms with van der Waals surface area (Å²) in [6.45, 7) is 7.77. The van der Waals surface area contributed by atoms with Gasteiger partial charge in [-0.15, -0.1) is 0 Å². The zero-order valence-electron chi connectivity index (χ0n) is 18.7. The minimum Gasteiger partial charge on any atom is -0.497 e. The fraction of sp³-hybridized carbons (Fsp3) is 0.591. The van der Waals surface area contributed by atoms with Gasteiger partial charge in [0.1, 0.15) is 22.9 Å². The van der Waals surface area contributed by atoms with Crippen molar-refractivity contribution in [2.45, 2.75) is 63.6 Å². The highest BCUT2D eigenvalue weighted by atomic mass is 32.2. The Morgan fingerprint density at radius 2 is 1.97 bits per heavy atom. The van der Waals surface area contributed by atoms with Gasteiger partial charge in [0, 0.05) is 13.0 Å². The smallest absolute Gasteiger partial charge is 0.416 e. The summed E-state index contributed by atoms with van der Waals surface area (Å²) in [6, 6.07) is 7.33. The molecule has 0 saturated carbocycles. The van der Waals surface area contributed by atoms with E-state index < -0.39 is 23.9 Å². The Labute approximate surface area is 187 Å². The minimum absolute atomic E-state index is 0.0794. The third kappa shape index (κ3) is 5.58. The predicted octanol–water partition coefficient (Wildman–Crippen LogP) is 3.48. The number of ether oxygens (including phenoxy) is 4. The van der Waals surface area contributed by atoms with Gasteiger partial charge in [-0.05, 0) is 38.5 Å². The number of benzene rings is 1. The molecule has 0 spiro atoms. The molecule has 1 amide bonds. The minimum atomic E-state index is -0.705. The highest BCUT2D eigenvalue weighted by molar-refractivity contribution is 8.14. The van der Waals surface area contributed by atoms with Gasteiger partial charge in [0.05, 0.1) is 25.9 Å². The molecule has 0 aliphatic carbocycles. The van der Waals surface area contributed by atoms with E-state index in [1.165, 1.54) is 16.7 Å². The van der Waals surface area contributed by atoms with Crippen LogP contribution in [0.15, 0.2) is 29.3 Å². The van der Waals surface area contributed by atoms with Crippen molar-refractivity contribution in [1.82, 2.24) is 4.90 Å². The predicted molar refractivity (Wildman–Crippen MR) is 118 cm³/mol. The summed E-state index contributed by atoms with van der Waals surface area (Å²) in [6.07, 6.45) is -0.856. The summed E-state index contributed by atoms with van der Waals surface area (Å²) in [7, 11) is 3.24. The second kappa shape index (κ2) is 9.58. The van der Waals surface area contributed by atoms with E-state index in [1.807, 2.05) is 52.0 Å². The first-order valence-electron chi connectivity index (χ1n) is 10.2. The first-order chi connectivity index (χ1) is 14.6. The lowest BCUT2D eigenvalue weighted by molar-refractivity contribution is -0.159. The summed E-state index contributed by atoms with van der Waals surface area (Å²) in [4.78, 5) is 30.2. The van der Waals surface area contributed by atoms with Crippen LogP contribution >= 0.6 is 11.8 Å². The van der Waals surface area contributed by atoms with Crippen molar-refractivity contribution < 1.29 is 28.5 Å². The number of thioether (sulfide) groups is 1. The molecule has 0 unspecified atom stereocenters. The molecule has 0 bridgehead atoms. The Hall–Kier alpha value is -2.10. The maximum absolute atomic E-state index is 12.4. The molecule has 1 fully saturated rings. The maximum Gasteiger partial charge on any atom is 0.416 e. The zero-order valence-corrected chi connectivity index (χ0v) is 19.5. The molecule has 1 aromatic rings. The highest BCUT2D eigenvalue weighted by Gasteiger charge is 2.49. The molecule has 0 aromatic heterocycles. The largest absolute Gasteiger partial charge is 0.497 e. The summed E-state index contributed by atoms with van der Waals surface area (Å²) >= 11 is 1.33. The Balaban J connectivity index is 1.68. The maximum atomic E-state index is 12.4. The van der Waals surface area contributed by atoms with Crippen LogP contribution in [-0.4, -0.2) is 65.9 Å². The lowest BCUT2D eigenvalue weighted by atomic mass is 9.90. The van der Waals surface area contributed by atoms with E-state index in [4.69, 9.17) is 23.9 Å². The molecule has 170 valence electrons. The van der Waals surface area contributed by atoms with Crippen LogP contribution in [0, 0.1) is 5.92 Å². The number of carbonyl (C=O) groups excluding carboxylic acids is 2. The number of aliphatic imine (C=N–C) groups is 1. The number of carbonyl (C=O) groups is 2. The average molecular weight is 451 g/mol. The second-order valence-electron chi connectivity index (χ2n) is 8.65. The summed E-state index contributed by atoms with van der Waals surface area (Å²) in [5.74, 6) is 0.690. The number of amides is 1. The Bertz CT molecular complexity index is 822. The van der Waals surface area contributed by atoms with Gasteiger partial charge in [0.15, 0.2) is 11.5 Å². The molecule has 0 radical (unpaired) electrons. The van der Waals surface area contributed by atoms with Crippen LogP contribution in [0.3, 0.4) is 0 Å². The number of methoxy groups -OCH3 is 1. The molecule has 8 nitrogen and oxygen atoms in total. The molecule has 31 heavy (non-hydrogen) atoms. The number of rotatable bonds is 5. The zero-order chi connectivity index (χ0) is 22.8. The molecule has 5 atom stereocenters. The molecule has 2 aliphatic heterocycles. The second-order valence-corrected chi connectivity index (χ2v) is 9.71. The van der Waals surface area contributed by atoms with Crippen molar-refractivity contribution in [3.05, 3.63) is 29.8 Å². The Morgan fingerprint density at radius 3 is 2.55 bits per heavy atom. The lowest BCUT2D eigenvalue weighted by Crippen LogP contribution is -2.51. The molecule has 2 heterocycles. The number of fused-ring (bicyclic) bond motifs is 1. The van der Waals surface area contributed by atoms with Crippen LogP contribution in [0.4, 0.5) is 4.79 Å². The molecule has 1 aromatic carbocycles. The van der Waals surface area contributed by atoms with E-state index in [1.54, 1.807) is 14.2 Å². The van der Waals surface area contributed by atoms with E-state index in [-0.39, 0.29) is 17.4 Å². The van der Waals surface area contributed by atoms with Crippen molar-refractivity contribution in [3.8, 4) is 5.75 Å². The van der Waals surface area contributed by atoms with Gasteiger partial charge < -0.3 is 23.7 Å². The summed E-state index contributed by atoms with van der Waals surface area (Å²) < 4.78 is 22.7. The third-order valence-corrected chi connectivity index (χ3v) is 6.33. The fourth-order valence-corrected chi connectivity index (χ4v) is 4.69. The number of hydrogen-bond donors (Lipinski definition) is 0. The van der Waals surface area contributed by atoms with Crippen molar-refractivity contribution in [1.29, 1.82) is 0 Å². The number of aldehydes is 1. The van der Waals surface area contributed by atoms with Gasteiger partial charge in [0.2, 0.25) is 0 Å². The van der Waals surface area contributed by atoms with Gasteiger partial charge in [-0.3, -0.25) is 9.89 Å². The Kier molecular flexibility index (Phi) is 7.28. The van der Waals surface area contributed by atoms with Crippen LogP contribution in [0.25, 0.3) is 0 Å². The highest BCUT2D eigenvalue weighted by Crippen LogP contribution is 2.41. The first-order valence-corrected chi connectivity index (χ1v) is 11.1.